The smallest absolute Gasteiger partial charge is 0.171 e. The lowest BCUT2D eigenvalue weighted by Crippen LogP contribution is -2.00. The molecule has 35 heavy (non-hydrogen) atoms. The van der Waals surface area contributed by atoms with Crippen molar-refractivity contribution in [3.05, 3.63) is 84.1 Å². The number of rotatable bonds is 9. The zero-order valence-electron chi connectivity index (χ0n) is 20.9. The van der Waals surface area contributed by atoms with Crippen molar-refractivity contribution in [1.29, 1.82) is 0 Å². The van der Waals surface area contributed by atoms with Crippen LogP contribution in [0.4, 0.5) is 5.69 Å². The molecule has 1 fully saturated rings. The molecule has 0 radical (unpaired) electrons. The summed E-state index contributed by atoms with van der Waals surface area (Å²) >= 11 is 0. The summed E-state index contributed by atoms with van der Waals surface area (Å²) in [5.41, 5.74) is 11.9. The van der Waals surface area contributed by atoms with E-state index in [0.29, 0.717) is 18.3 Å². The van der Waals surface area contributed by atoms with E-state index < -0.39 is 0 Å². The summed E-state index contributed by atoms with van der Waals surface area (Å²) in [4.78, 5) is 18.2. The van der Waals surface area contributed by atoms with Crippen LogP contribution < -0.4 is 5.73 Å². The molecule has 5 nitrogen and oxygen atoms in total. The first-order valence-electron chi connectivity index (χ1n) is 12.9. The van der Waals surface area contributed by atoms with Gasteiger partial charge in [-0.1, -0.05) is 50.5 Å². The SMILES string of the molecule is C=C(CCCN)Cc1ccc(-c2ccnc(C=Nc3ccc(C4CCCC(C)CC4)cc3)n2)cn1. The third-order valence-electron chi connectivity index (χ3n) is 6.91. The van der Waals surface area contributed by atoms with E-state index in [1.54, 1.807) is 12.4 Å². The molecule has 0 saturated heterocycles. The zero-order valence-corrected chi connectivity index (χ0v) is 20.9. The lowest BCUT2D eigenvalue weighted by atomic mass is 9.91. The maximum Gasteiger partial charge on any atom is 0.171 e. The summed E-state index contributed by atoms with van der Waals surface area (Å²) in [5.74, 6) is 2.13. The zero-order chi connectivity index (χ0) is 24.5. The van der Waals surface area contributed by atoms with Crippen molar-refractivity contribution in [2.24, 2.45) is 16.6 Å². The summed E-state index contributed by atoms with van der Waals surface area (Å²) in [6.07, 6.45) is 14.7. The van der Waals surface area contributed by atoms with Crippen LogP contribution in [0, 0.1) is 5.92 Å². The molecule has 0 aliphatic heterocycles. The Morgan fingerprint density at radius 2 is 1.91 bits per heavy atom. The van der Waals surface area contributed by atoms with Crippen molar-refractivity contribution < 1.29 is 0 Å². The average Bonchev–Trinajstić information content (AvgIpc) is 3.11. The van der Waals surface area contributed by atoms with Gasteiger partial charge in [0.25, 0.3) is 0 Å². The number of aliphatic imine (C=N–C) groups is 1. The van der Waals surface area contributed by atoms with Gasteiger partial charge in [-0.05, 0) is 80.0 Å². The monoisotopic (exact) mass is 467 g/mol. The first-order valence-corrected chi connectivity index (χ1v) is 12.9. The van der Waals surface area contributed by atoms with E-state index in [2.05, 4.69) is 63.8 Å². The number of hydrogen-bond acceptors (Lipinski definition) is 5. The Balaban J connectivity index is 1.38. The summed E-state index contributed by atoms with van der Waals surface area (Å²) < 4.78 is 0. The van der Waals surface area contributed by atoms with Gasteiger partial charge in [-0.15, -0.1) is 0 Å². The second kappa shape index (κ2) is 12.5. The van der Waals surface area contributed by atoms with Gasteiger partial charge < -0.3 is 5.73 Å². The molecular weight excluding hydrogens is 430 g/mol. The molecule has 0 bridgehead atoms. The van der Waals surface area contributed by atoms with Crippen LogP contribution in [0.25, 0.3) is 11.3 Å². The highest BCUT2D eigenvalue weighted by Gasteiger charge is 2.17. The van der Waals surface area contributed by atoms with E-state index in [-0.39, 0.29) is 0 Å². The fourth-order valence-corrected chi connectivity index (χ4v) is 4.76. The summed E-state index contributed by atoms with van der Waals surface area (Å²) in [5, 5.41) is 0. The molecule has 182 valence electrons. The number of aromatic nitrogens is 3. The van der Waals surface area contributed by atoms with Crippen LogP contribution in [-0.4, -0.2) is 27.7 Å². The number of allylic oxidation sites excluding steroid dienone is 1. The molecule has 3 aromatic rings. The molecule has 1 aromatic carbocycles. The molecule has 1 aliphatic rings. The van der Waals surface area contributed by atoms with Crippen LogP contribution in [-0.2, 0) is 6.42 Å². The van der Waals surface area contributed by atoms with Crippen molar-refractivity contribution in [3.63, 3.8) is 0 Å². The van der Waals surface area contributed by atoms with Crippen LogP contribution >= 0.6 is 0 Å². The molecule has 1 saturated carbocycles. The highest BCUT2D eigenvalue weighted by Crippen LogP contribution is 2.34. The molecule has 2 unspecified atom stereocenters. The van der Waals surface area contributed by atoms with E-state index >= 15 is 0 Å². The molecule has 1 aliphatic carbocycles. The Labute approximate surface area is 209 Å². The molecule has 2 aromatic heterocycles. The van der Waals surface area contributed by atoms with Crippen LogP contribution in [0.15, 0.2) is 72.0 Å². The molecule has 0 amide bonds. The molecule has 4 rings (SSSR count). The summed E-state index contributed by atoms with van der Waals surface area (Å²) in [7, 11) is 0. The Hall–Kier alpha value is -3.18. The Kier molecular flexibility index (Phi) is 8.90. The van der Waals surface area contributed by atoms with Crippen LogP contribution in [0.1, 0.15) is 74.9 Å². The number of pyridine rings is 1. The number of hydrogen-bond donors (Lipinski definition) is 1. The predicted octanol–water partition coefficient (Wildman–Crippen LogP) is 6.81. The summed E-state index contributed by atoms with van der Waals surface area (Å²) in [6, 6.07) is 14.7. The van der Waals surface area contributed by atoms with Crippen LogP contribution in [0.5, 0.6) is 0 Å². The van der Waals surface area contributed by atoms with E-state index in [4.69, 9.17) is 5.73 Å². The predicted molar refractivity (Wildman–Crippen MR) is 145 cm³/mol. The lowest BCUT2D eigenvalue weighted by Gasteiger charge is -2.14. The molecule has 2 heterocycles. The van der Waals surface area contributed by atoms with Gasteiger partial charge in [-0.2, -0.15) is 0 Å². The first-order chi connectivity index (χ1) is 17.1. The molecular formula is C30H37N5. The molecule has 0 spiro atoms. The van der Waals surface area contributed by atoms with Gasteiger partial charge >= 0.3 is 0 Å². The van der Waals surface area contributed by atoms with E-state index in [1.807, 2.05) is 18.3 Å². The Bertz CT molecular complexity index is 1120. The van der Waals surface area contributed by atoms with E-state index in [0.717, 1.165) is 53.4 Å². The third-order valence-corrected chi connectivity index (χ3v) is 6.91. The number of benzene rings is 1. The normalized spacial score (nSPS) is 18.5. The molecule has 5 heteroatoms. The van der Waals surface area contributed by atoms with Crippen molar-refractivity contribution >= 4 is 11.9 Å². The summed E-state index contributed by atoms with van der Waals surface area (Å²) in [6.45, 7) is 7.20. The second-order valence-electron chi connectivity index (χ2n) is 9.82. The molecule has 2 N–H and O–H groups in total. The highest BCUT2D eigenvalue weighted by atomic mass is 14.9. The van der Waals surface area contributed by atoms with Crippen molar-refractivity contribution in [3.8, 4) is 11.3 Å². The van der Waals surface area contributed by atoms with Crippen LogP contribution in [0.3, 0.4) is 0 Å². The number of nitrogens with two attached hydrogens (primary N) is 1. The van der Waals surface area contributed by atoms with Gasteiger partial charge in [-0.25, -0.2) is 9.97 Å². The van der Waals surface area contributed by atoms with E-state index in [9.17, 15) is 0 Å². The highest BCUT2D eigenvalue weighted by molar-refractivity contribution is 5.78. The van der Waals surface area contributed by atoms with Gasteiger partial charge in [0.05, 0.1) is 17.6 Å². The first kappa shape index (κ1) is 24.9. The molecule has 2 atom stereocenters. The maximum atomic E-state index is 5.59. The van der Waals surface area contributed by atoms with Gasteiger partial charge in [0.1, 0.15) is 0 Å². The topological polar surface area (TPSA) is 77.0 Å². The van der Waals surface area contributed by atoms with Crippen molar-refractivity contribution in [1.82, 2.24) is 15.0 Å². The van der Waals surface area contributed by atoms with Crippen LogP contribution in [0.2, 0.25) is 0 Å². The number of nitrogens with zero attached hydrogens (tertiary/aromatic N) is 4. The lowest BCUT2D eigenvalue weighted by molar-refractivity contribution is 0.499. The second-order valence-corrected chi connectivity index (χ2v) is 9.82. The third kappa shape index (κ3) is 7.40. The van der Waals surface area contributed by atoms with Gasteiger partial charge in [0.15, 0.2) is 5.82 Å². The minimum Gasteiger partial charge on any atom is -0.330 e. The quantitative estimate of drug-likeness (QED) is 0.213. The van der Waals surface area contributed by atoms with E-state index in [1.165, 1.54) is 37.7 Å². The largest absolute Gasteiger partial charge is 0.330 e. The van der Waals surface area contributed by atoms with Gasteiger partial charge in [-0.3, -0.25) is 9.98 Å². The maximum absolute atomic E-state index is 5.59. The Morgan fingerprint density at radius 3 is 2.69 bits per heavy atom. The van der Waals surface area contributed by atoms with Crippen molar-refractivity contribution in [2.75, 3.05) is 6.54 Å². The Morgan fingerprint density at radius 1 is 1.06 bits per heavy atom. The average molecular weight is 468 g/mol. The van der Waals surface area contributed by atoms with Crippen molar-refractivity contribution in [2.45, 2.75) is 64.2 Å². The minimum atomic E-state index is 0.587. The fourth-order valence-electron chi connectivity index (χ4n) is 4.76. The van der Waals surface area contributed by atoms with Gasteiger partial charge in [0, 0.05) is 30.1 Å². The van der Waals surface area contributed by atoms with Gasteiger partial charge in [0.2, 0.25) is 0 Å². The fraction of sp³-hybridized carbons (Fsp3) is 0.400. The standard InChI is InChI=1S/C30H37N5/c1-22-5-3-7-24(9-8-22)25-10-13-27(14-11-25)34-21-30-32-18-16-29(35-30)26-12-15-28(33-20-26)19-23(2)6-4-17-31/h10-16,18,20-22,24H,2-9,17,19,31H2,1H3. The minimum absolute atomic E-state index is 0.587.